The average Bonchev–Trinajstić information content (AvgIpc) is 2.91. The maximum absolute atomic E-state index is 12.2. The molecule has 0 aromatic heterocycles. The summed E-state index contributed by atoms with van der Waals surface area (Å²) < 4.78 is 5.29. The number of hydrogen-bond acceptors (Lipinski definition) is 5. The molecule has 1 aliphatic heterocycles. The number of carbonyl (C=O) groups is 2. The van der Waals surface area contributed by atoms with Crippen LogP contribution in [0.3, 0.4) is 0 Å². The van der Waals surface area contributed by atoms with Crippen LogP contribution in [0.4, 0.5) is 10.5 Å². The van der Waals surface area contributed by atoms with Crippen molar-refractivity contribution in [3.63, 3.8) is 0 Å². The van der Waals surface area contributed by atoms with Crippen molar-refractivity contribution in [2.45, 2.75) is 32.3 Å². The van der Waals surface area contributed by atoms with Gasteiger partial charge in [0.1, 0.15) is 5.60 Å². The molecule has 0 bridgehead atoms. The molecule has 1 aliphatic rings. The second kappa shape index (κ2) is 6.46. The Balaban J connectivity index is 2.20. The molecule has 0 unspecified atom stereocenters. The van der Waals surface area contributed by atoms with Crippen molar-refractivity contribution >= 4 is 17.7 Å². The molecular formula is C16H20N2O6. The average molecular weight is 336 g/mol. The lowest BCUT2D eigenvalue weighted by Crippen LogP contribution is -2.35. The molecule has 2 rings (SSSR count). The second-order valence-corrected chi connectivity index (χ2v) is 6.79. The lowest BCUT2D eigenvalue weighted by molar-refractivity contribution is -0.384. The Morgan fingerprint density at radius 3 is 2.29 bits per heavy atom. The van der Waals surface area contributed by atoms with Crippen molar-refractivity contribution in [2.75, 3.05) is 13.1 Å². The van der Waals surface area contributed by atoms with Crippen LogP contribution in [0.15, 0.2) is 24.3 Å². The molecular weight excluding hydrogens is 316 g/mol. The van der Waals surface area contributed by atoms with Crippen LogP contribution in [0.2, 0.25) is 0 Å². The summed E-state index contributed by atoms with van der Waals surface area (Å²) >= 11 is 0. The van der Waals surface area contributed by atoms with Gasteiger partial charge in [-0.25, -0.2) is 4.79 Å². The van der Waals surface area contributed by atoms with E-state index in [1.165, 1.54) is 29.2 Å². The van der Waals surface area contributed by atoms with E-state index >= 15 is 0 Å². The Bertz CT molecular complexity index is 650. The number of nitro groups is 1. The predicted molar refractivity (Wildman–Crippen MR) is 84.8 cm³/mol. The van der Waals surface area contributed by atoms with Crippen LogP contribution in [-0.2, 0) is 9.53 Å². The van der Waals surface area contributed by atoms with Gasteiger partial charge in [0, 0.05) is 31.1 Å². The summed E-state index contributed by atoms with van der Waals surface area (Å²) in [5.74, 6) is -2.22. The van der Waals surface area contributed by atoms with Crippen molar-refractivity contribution in [1.29, 1.82) is 0 Å². The van der Waals surface area contributed by atoms with Crippen LogP contribution < -0.4 is 0 Å². The Labute approximate surface area is 139 Å². The fraction of sp³-hybridized carbons (Fsp3) is 0.500. The number of nitrogens with zero attached hydrogens (tertiary/aromatic N) is 2. The van der Waals surface area contributed by atoms with Gasteiger partial charge in [0.2, 0.25) is 0 Å². The zero-order chi connectivity index (χ0) is 18.1. The van der Waals surface area contributed by atoms with E-state index in [1.54, 1.807) is 20.8 Å². The van der Waals surface area contributed by atoms with Crippen LogP contribution in [0, 0.1) is 16.0 Å². The topological polar surface area (TPSA) is 110 Å². The molecule has 1 aromatic rings. The minimum absolute atomic E-state index is 0.0475. The molecule has 8 nitrogen and oxygen atoms in total. The highest BCUT2D eigenvalue weighted by atomic mass is 16.6. The molecule has 130 valence electrons. The standard InChI is InChI=1S/C16H20N2O6/c1-16(2,3)24-15(21)17-8-12(13(9-17)14(19)20)10-4-6-11(7-5-10)18(22)23/h4-7,12-13H,8-9H2,1-3H3,(H,19,20)/t12-,13+/m0/s1. The van der Waals surface area contributed by atoms with Crippen LogP contribution in [0.1, 0.15) is 32.3 Å². The molecule has 1 aromatic carbocycles. The number of likely N-dealkylation sites (tertiary alicyclic amines) is 1. The van der Waals surface area contributed by atoms with E-state index in [-0.39, 0.29) is 18.8 Å². The zero-order valence-electron chi connectivity index (χ0n) is 13.8. The third kappa shape index (κ3) is 4.01. The summed E-state index contributed by atoms with van der Waals surface area (Å²) in [6, 6.07) is 5.75. The molecule has 0 radical (unpaired) electrons. The number of hydrogen-bond donors (Lipinski definition) is 1. The van der Waals surface area contributed by atoms with E-state index in [0.29, 0.717) is 5.56 Å². The van der Waals surface area contributed by atoms with E-state index in [2.05, 4.69) is 0 Å². The van der Waals surface area contributed by atoms with Crippen LogP contribution in [0.25, 0.3) is 0 Å². The second-order valence-electron chi connectivity index (χ2n) is 6.79. The lowest BCUT2D eigenvalue weighted by atomic mass is 9.89. The third-order valence-electron chi connectivity index (χ3n) is 3.82. The number of carbonyl (C=O) groups excluding carboxylic acids is 1. The summed E-state index contributed by atoms with van der Waals surface area (Å²) in [5, 5.41) is 20.2. The van der Waals surface area contributed by atoms with Crippen molar-refractivity contribution in [3.8, 4) is 0 Å². The fourth-order valence-corrected chi connectivity index (χ4v) is 2.71. The molecule has 1 heterocycles. The van der Waals surface area contributed by atoms with E-state index in [4.69, 9.17) is 4.74 Å². The van der Waals surface area contributed by atoms with Crippen molar-refractivity contribution in [2.24, 2.45) is 5.92 Å². The van der Waals surface area contributed by atoms with E-state index in [9.17, 15) is 24.8 Å². The molecule has 0 aliphatic carbocycles. The molecule has 1 saturated heterocycles. The lowest BCUT2D eigenvalue weighted by Gasteiger charge is -2.24. The van der Waals surface area contributed by atoms with Crippen LogP contribution in [0.5, 0.6) is 0 Å². The Hall–Kier alpha value is -2.64. The van der Waals surface area contributed by atoms with Gasteiger partial charge in [0.15, 0.2) is 0 Å². The van der Waals surface area contributed by atoms with Gasteiger partial charge in [-0.15, -0.1) is 0 Å². The highest BCUT2D eigenvalue weighted by Gasteiger charge is 2.41. The summed E-state index contributed by atoms with van der Waals surface area (Å²) in [5.41, 5.74) is -0.0759. The number of ether oxygens (including phenoxy) is 1. The SMILES string of the molecule is CC(C)(C)OC(=O)N1C[C@@H](C(=O)O)[C@H](c2ccc([N+](=O)[O-])cc2)C1. The smallest absolute Gasteiger partial charge is 0.410 e. The normalized spacial score (nSPS) is 20.7. The molecule has 0 saturated carbocycles. The van der Waals surface area contributed by atoms with E-state index in [0.717, 1.165) is 0 Å². The van der Waals surface area contributed by atoms with E-state index in [1.807, 2.05) is 0 Å². The van der Waals surface area contributed by atoms with Gasteiger partial charge in [-0.2, -0.15) is 0 Å². The highest BCUT2D eigenvalue weighted by Crippen LogP contribution is 2.34. The predicted octanol–water partition coefficient (Wildman–Crippen LogP) is 2.63. The van der Waals surface area contributed by atoms with Gasteiger partial charge < -0.3 is 14.7 Å². The van der Waals surface area contributed by atoms with Gasteiger partial charge >= 0.3 is 12.1 Å². The summed E-state index contributed by atoms with van der Waals surface area (Å²) in [6.07, 6.45) is -0.557. The van der Waals surface area contributed by atoms with Gasteiger partial charge in [0.05, 0.1) is 10.8 Å². The van der Waals surface area contributed by atoms with Gasteiger partial charge in [-0.05, 0) is 26.3 Å². The molecule has 1 fully saturated rings. The quantitative estimate of drug-likeness (QED) is 0.671. The van der Waals surface area contributed by atoms with Gasteiger partial charge in [0.25, 0.3) is 5.69 Å². The number of nitro benzene ring substituents is 1. The molecule has 2 atom stereocenters. The number of carboxylic acids is 1. The first-order chi connectivity index (χ1) is 11.1. The molecule has 8 heteroatoms. The number of amides is 1. The summed E-state index contributed by atoms with van der Waals surface area (Å²) in [7, 11) is 0. The Kier molecular flexibility index (Phi) is 4.77. The zero-order valence-corrected chi connectivity index (χ0v) is 13.8. The first kappa shape index (κ1) is 17.7. The monoisotopic (exact) mass is 336 g/mol. The van der Waals surface area contributed by atoms with Crippen molar-refractivity contribution in [1.82, 2.24) is 4.90 Å². The third-order valence-corrected chi connectivity index (χ3v) is 3.82. The number of benzene rings is 1. The number of aliphatic carboxylic acids is 1. The Morgan fingerprint density at radius 1 is 1.25 bits per heavy atom. The fourth-order valence-electron chi connectivity index (χ4n) is 2.71. The van der Waals surface area contributed by atoms with Crippen LogP contribution >= 0.6 is 0 Å². The molecule has 1 amide bonds. The number of rotatable bonds is 3. The largest absolute Gasteiger partial charge is 0.481 e. The summed E-state index contributed by atoms with van der Waals surface area (Å²) in [4.78, 5) is 35.3. The molecule has 0 spiro atoms. The van der Waals surface area contributed by atoms with Crippen molar-refractivity contribution in [3.05, 3.63) is 39.9 Å². The maximum atomic E-state index is 12.2. The van der Waals surface area contributed by atoms with Gasteiger partial charge in [-0.1, -0.05) is 12.1 Å². The van der Waals surface area contributed by atoms with Gasteiger partial charge in [-0.3, -0.25) is 14.9 Å². The first-order valence-electron chi connectivity index (χ1n) is 7.53. The van der Waals surface area contributed by atoms with Crippen molar-refractivity contribution < 1.29 is 24.4 Å². The molecule has 1 N–H and O–H groups in total. The first-order valence-corrected chi connectivity index (χ1v) is 7.53. The number of non-ortho nitro benzene ring substituents is 1. The molecule has 24 heavy (non-hydrogen) atoms. The Morgan fingerprint density at radius 2 is 1.83 bits per heavy atom. The minimum Gasteiger partial charge on any atom is -0.481 e. The van der Waals surface area contributed by atoms with Crippen LogP contribution in [-0.4, -0.2) is 45.7 Å². The van der Waals surface area contributed by atoms with E-state index < -0.39 is 34.4 Å². The maximum Gasteiger partial charge on any atom is 0.410 e. The highest BCUT2D eigenvalue weighted by molar-refractivity contribution is 5.76. The number of carboxylic acid groups (broad SMARTS) is 1. The minimum atomic E-state index is -1.01. The summed E-state index contributed by atoms with van der Waals surface area (Å²) in [6.45, 7) is 5.46.